The summed E-state index contributed by atoms with van der Waals surface area (Å²) < 4.78 is 43.2. The lowest BCUT2D eigenvalue weighted by Crippen LogP contribution is -2.24. The van der Waals surface area contributed by atoms with E-state index in [1.165, 1.54) is 12.8 Å². The van der Waals surface area contributed by atoms with E-state index in [-0.39, 0.29) is 12.4 Å². The molecule has 0 aromatic heterocycles. The highest BCUT2D eigenvalue weighted by Gasteiger charge is 2.15. The van der Waals surface area contributed by atoms with Gasteiger partial charge in [0.05, 0.1) is 92.3 Å². The largest absolute Gasteiger partial charge is 0.460 e. The molecule has 9 heteroatoms. The van der Waals surface area contributed by atoms with Crippen molar-refractivity contribution in [1.29, 1.82) is 0 Å². The zero-order valence-corrected chi connectivity index (χ0v) is 21.4. The second-order valence-corrected chi connectivity index (χ2v) is 8.33. The van der Waals surface area contributed by atoms with Gasteiger partial charge in [-0.25, -0.2) is 0 Å². The van der Waals surface area contributed by atoms with Crippen LogP contribution in [0.15, 0.2) is 0 Å². The van der Waals surface area contributed by atoms with Crippen LogP contribution in [0.2, 0.25) is 0 Å². The average molecular weight is 481 g/mol. The fourth-order valence-corrected chi connectivity index (χ4v) is 2.42. The lowest BCUT2D eigenvalue weighted by atomic mass is 10.2. The van der Waals surface area contributed by atoms with Crippen molar-refractivity contribution in [1.82, 2.24) is 0 Å². The number of ether oxygens (including phenoxy) is 8. The van der Waals surface area contributed by atoms with Crippen molar-refractivity contribution in [3.63, 3.8) is 0 Å². The molecule has 0 aromatic carbocycles. The standard InChI is InChI=1S/C24H48O9/c1-5-6-7-9-26-11-13-28-15-17-30-19-21-32-22-20-31-18-16-29-14-12-27-10-8-23(25)33-24(2,3)4/h5-22H2,1-4H3. The minimum absolute atomic E-state index is 0.244. The van der Waals surface area contributed by atoms with Crippen LogP contribution in [0.3, 0.4) is 0 Å². The molecule has 198 valence electrons. The van der Waals surface area contributed by atoms with E-state index in [0.717, 1.165) is 13.0 Å². The minimum Gasteiger partial charge on any atom is -0.460 e. The van der Waals surface area contributed by atoms with Crippen LogP contribution < -0.4 is 0 Å². The molecule has 0 heterocycles. The Hall–Kier alpha value is -0.810. The quantitative estimate of drug-likeness (QED) is 0.144. The molecule has 0 aromatic rings. The second-order valence-electron chi connectivity index (χ2n) is 8.33. The topological polar surface area (TPSA) is 90.9 Å². The molecule has 0 saturated heterocycles. The predicted molar refractivity (Wildman–Crippen MR) is 126 cm³/mol. The number of hydrogen-bond acceptors (Lipinski definition) is 9. The number of esters is 1. The van der Waals surface area contributed by atoms with Crippen LogP contribution in [0.25, 0.3) is 0 Å². The third-order valence-corrected chi connectivity index (χ3v) is 3.99. The molecule has 33 heavy (non-hydrogen) atoms. The van der Waals surface area contributed by atoms with E-state index in [1.54, 1.807) is 0 Å². The van der Waals surface area contributed by atoms with E-state index in [1.807, 2.05) is 20.8 Å². The van der Waals surface area contributed by atoms with Crippen molar-refractivity contribution >= 4 is 5.97 Å². The zero-order valence-electron chi connectivity index (χ0n) is 21.4. The monoisotopic (exact) mass is 480 g/mol. The third kappa shape index (κ3) is 29.2. The summed E-state index contributed by atoms with van der Waals surface area (Å²) in [6.07, 6.45) is 3.79. The van der Waals surface area contributed by atoms with Gasteiger partial charge in [0.15, 0.2) is 0 Å². The highest BCUT2D eigenvalue weighted by Crippen LogP contribution is 2.08. The van der Waals surface area contributed by atoms with E-state index < -0.39 is 5.60 Å². The van der Waals surface area contributed by atoms with Crippen LogP contribution in [-0.2, 0) is 42.7 Å². The molecule has 0 aliphatic heterocycles. The first-order valence-electron chi connectivity index (χ1n) is 12.2. The van der Waals surface area contributed by atoms with Crippen molar-refractivity contribution < 1.29 is 42.7 Å². The number of rotatable bonds is 25. The van der Waals surface area contributed by atoms with Crippen molar-refractivity contribution in [3.8, 4) is 0 Å². The van der Waals surface area contributed by atoms with Crippen LogP contribution in [0.1, 0.15) is 53.4 Å². The Labute approximate surface area is 200 Å². The fourth-order valence-electron chi connectivity index (χ4n) is 2.42. The normalized spacial score (nSPS) is 11.8. The zero-order chi connectivity index (χ0) is 24.5. The van der Waals surface area contributed by atoms with Gasteiger partial charge in [0.2, 0.25) is 0 Å². The Bertz CT molecular complexity index is 413. The SMILES string of the molecule is CCCCCOCCOCCOCCOCCOCCOCCOCCC(=O)OC(C)(C)C. The molecule has 0 rings (SSSR count). The van der Waals surface area contributed by atoms with Crippen LogP contribution in [0.4, 0.5) is 0 Å². The lowest BCUT2D eigenvalue weighted by Gasteiger charge is -2.19. The summed E-state index contributed by atoms with van der Waals surface area (Å²) >= 11 is 0. The molecule has 0 atom stereocenters. The Morgan fingerprint density at radius 2 is 0.848 bits per heavy atom. The summed E-state index contributed by atoms with van der Waals surface area (Å²) in [7, 11) is 0. The molecule has 0 N–H and O–H groups in total. The molecular weight excluding hydrogens is 432 g/mol. The summed E-state index contributed by atoms with van der Waals surface area (Å²) in [6.45, 7) is 15.2. The number of unbranched alkanes of at least 4 members (excludes halogenated alkanes) is 2. The van der Waals surface area contributed by atoms with Crippen molar-refractivity contribution in [3.05, 3.63) is 0 Å². The molecular formula is C24H48O9. The summed E-state index contributed by atoms with van der Waals surface area (Å²) in [5, 5.41) is 0. The van der Waals surface area contributed by atoms with E-state index in [4.69, 9.17) is 37.9 Å². The summed E-state index contributed by atoms with van der Waals surface area (Å²) in [5.74, 6) is -0.256. The lowest BCUT2D eigenvalue weighted by molar-refractivity contribution is -0.156. The second kappa shape index (κ2) is 24.3. The van der Waals surface area contributed by atoms with Crippen molar-refractivity contribution in [2.75, 3.05) is 92.5 Å². The van der Waals surface area contributed by atoms with Gasteiger partial charge >= 0.3 is 5.97 Å². The van der Waals surface area contributed by atoms with Crippen LogP contribution >= 0.6 is 0 Å². The molecule has 0 spiro atoms. The molecule has 0 saturated carbocycles. The van der Waals surface area contributed by atoms with Gasteiger partial charge in [-0.1, -0.05) is 19.8 Å². The van der Waals surface area contributed by atoms with E-state index in [0.29, 0.717) is 85.9 Å². The Morgan fingerprint density at radius 1 is 0.515 bits per heavy atom. The summed E-state index contributed by atoms with van der Waals surface area (Å²) in [6, 6.07) is 0. The smallest absolute Gasteiger partial charge is 0.308 e. The maximum absolute atomic E-state index is 11.5. The third-order valence-electron chi connectivity index (χ3n) is 3.99. The Morgan fingerprint density at radius 3 is 1.18 bits per heavy atom. The predicted octanol–water partition coefficient (Wildman–Crippen LogP) is 3.02. The fraction of sp³-hybridized carbons (Fsp3) is 0.958. The average Bonchev–Trinajstić information content (AvgIpc) is 2.75. The van der Waals surface area contributed by atoms with E-state index in [2.05, 4.69) is 6.92 Å². The molecule has 9 nitrogen and oxygen atoms in total. The molecule has 0 fully saturated rings. The molecule has 0 unspecified atom stereocenters. The van der Waals surface area contributed by atoms with E-state index >= 15 is 0 Å². The number of hydrogen-bond donors (Lipinski definition) is 0. The van der Waals surface area contributed by atoms with Gasteiger partial charge in [0, 0.05) is 6.61 Å². The van der Waals surface area contributed by atoms with E-state index in [9.17, 15) is 4.79 Å². The maximum Gasteiger partial charge on any atom is 0.308 e. The van der Waals surface area contributed by atoms with Gasteiger partial charge in [-0.15, -0.1) is 0 Å². The van der Waals surface area contributed by atoms with Gasteiger partial charge in [-0.05, 0) is 27.2 Å². The first-order valence-corrected chi connectivity index (χ1v) is 12.2. The molecule has 0 bridgehead atoms. The molecule has 0 aliphatic rings. The highest BCUT2D eigenvalue weighted by molar-refractivity contribution is 5.69. The van der Waals surface area contributed by atoms with Gasteiger partial charge in [0.1, 0.15) is 5.60 Å². The summed E-state index contributed by atoms with van der Waals surface area (Å²) in [4.78, 5) is 11.5. The van der Waals surface area contributed by atoms with Gasteiger partial charge in [-0.3, -0.25) is 4.79 Å². The molecule has 0 aliphatic carbocycles. The van der Waals surface area contributed by atoms with Crippen LogP contribution in [-0.4, -0.2) is 104 Å². The van der Waals surface area contributed by atoms with Gasteiger partial charge in [0.25, 0.3) is 0 Å². The first kappa shape index (κ1) is 32.2. The van der Waals surface area contributed by atoms with Crippen molar-refractivity contribution in [2.45, 2.75) is 59.0 Å². The van der Waals surface area contributed by atoms with Gasteiger partial charge < -0.3 is 37.9 Å². The van der Waals surface area contributed by atoms with Crippen LogP contribution in [0, 0.1) is 0 Å². The van der Waals surface area contributed by atoms with Gasteiger partial charge in [-0.2, -0.15) is 0 Å². The number of carbonyl (C=O) groups excluding carboxylic acids is 1. The maximum atomic E-state index is 11.5. The highest BCUT2D eigenvalue weighted by atomic mass is 16.6. The first-order chi connectivity index (χ1) is 16.0. The van der Waals surface area contributed by atoms with Crippen LogP contribution in [0.5, 0.6) is 0 Å². The minimum atomic E-state index is -0.461. The number of carbonyl (C=O) groups is 1. The Kier molecular flexibility index (Phi) is 23.7. The van der Waals surface area contributed by atoms with Crippen molar-refractivity contribution in [2.24, 2.45) is 0 Å². The summed E-state index contributed by atoms with van der Waals surface area (Å²) in [5.41, 5.74) is -0.461. The molecule has 0 amide bonds. The Balaban J connectivity index is 3.10. The molecule has 0 radical (unpaired) electrons.